The molecule has 1 aliphatic heterocycles. The number of hydrogen-bond acceptors (Lipinski definition) is 9. The van der Waals surface area contributed by atoms with Crippen LogP contribution in [-0.4, -0.2) is 46.1 Å². The second-order valence-corrected chi connectivity index (χ2v) is 7.43. The van der Waals surface area contributed by atoms with Crippen LogP contribution >= 0.6 is 11.8 Å². The Morgan fingerprint density at radius 3 is 2.80 bits per heavy atom. The predicted octanol–water partition coefficient (Wildman–Crippen LogP) is 3.56. The van der Waals surface area contributed by atoms with Crippen molar-refractivity contribution < 1.29 is 28.2 Å². The molecule has 0 saturated heterocycles. The first-order chi connectivity index (χ1) is 14.5. The maximum Gasteiger partial charge on any atom is 0.340 e. The van der Waals surface area contributed by atoms with Crippen molar-refractivity contribution in [1.29, 1.82) is 0 Å². The summed E-state index contributed by atoms with van der Waals surface area (Å²) in [4.78, 5) is 27.8. The molecule has 9 nitrogen and oxygen atoms in total. The summed E-state index contributed by atoms with van der Waals surface area (Å²) < 4.78 is 21.4. The summed E-state index contributed by atoms with van der Waals surface area (Å²) in [7, 11) is 0. The van der Waals surface area contributed by atoms with Gasteiger partial charge in [0.15, 0.2) is 17.3 Å². The average Bonchev–Trinajstić information content (AvgIpc) is 3.44. The van der Waals surface area contributed by atoms with E-state index in [2.05, 4.69) is 15.2 Å². The van der Waals surface area contributed by atoms with Crippen LogP contribution < -0.4 is 9.47 Å². The number of nitrogens with zero attached hydrogens (tertiary/aromatic N) is 2. The van der Waals surface area contributed by atoms with Gasteiger partial charge in [-0.1, -0.05) is 11.8 Å². The SMILES string of the molecule is CCOC(=O)c1c(C)[nH]c(C(=O)CSc2nnc(-c3ccc4c(c3)OCO4)o2)c1C. The molecule has 1 aliphatic rings. The van der Waals surface area contributed by atoms with E-state index in [1.165, 1.54) is 0 Å². The zero-order chi connectivity index (χ0) is 21.3. The third kappa shape index (κ3) is 3.78. The molecule has 1 N–H and O–H groups in total. The van der Waals surface area contributed by atoms with Gasteiger partial charge in [-0.05, 0) is 44.5 Å². The number of fused-ring (bicyclic) bond motifs is 1. The number of H-pyrrole nitrogens is 1. The topological polar surface area (TPSA) is 117 Å². The standard InChI is InChI=1S/C20H19N3O6S/c1-4-26-19(25)16-10(2)17(21-11(16)3)13(24)8-30-20-23-22-18(29-20)12-5-6-14-15(7-12)28-9-27-14/h5-7,21H,4,8-9H2,1-3H3. The molecule has 3 heterocycles. The highest BCUT2D eigenvalue weighted by atomic mass is 32.2. The maximum absolute atomic E-state index is 12.7. The molecular formula is C20H19N3O6S. The highest BCUT2D eigenvalue weighted by molar-refractivity contribution is 7.99. The summed E-state index contributed by atoms with van der Waals surface area (Å²) in [5.41, 5.74) is 2.64. The number of hydrogen-bond donors (Lipinski definition) is 1. The maximum atomic E-state index is 12.7. The predicted molar refractivity (Wildman–Crippen MR) is 107 cm³/mol. The van der Waals surface area contributed by atoms with E-state index in [-0.39, 0.29) is 30.2 Å². The van der Waals surface area contributed by atoms with E-state index in [1.807, 2.05) is 0 Å². The first-order valence-corrected chi connectivity index (χ1v) is 10.2. The van der Waals surface area contributed by atoms with Crippen molar-refractivity contribution >= 4 is 23.5 Å². The molecule has 0 spiro atoms. The van der Waals surface area contributed by atoms with Gasteiger partial charge in [0.2, 0.25) is 12.7 Å². The third-order valence-electron chi connectivity index (χ3n) is 4.55. The number of rotatable bonds is 7. The molecule has 156 valence electrons. The van der Waals surface area contributed by atoms with Crippen LogP contribution in [0.5, 0.6) is 11.5 Å². The van der Waals surface area contributed by atoms with Gasteiger partial charge in [-0.25, -0.2) is 4.79 Å². The van der Waals surface area contributed by atoms with E-state index in [0.717, 1.165) is 11.8 Å². The molecule has 0 atom stereocenters. The molecule has 0 unspecified atom stereocenters. The lowest BCUT2D eigenvalue weighted by Gasteiger charge is -2.02. The molecule has 0 aliphatic carbocycles. The number of aromatic amines is 1. The van der Waals surface area contributed by atoms with Gasteiger partial charge in [0.05, 0.1) is 23.6 Å². The molecule has 0 radical (unpaired) electrons. The van der Waals surface area contributed by atoms with Crippen molar-refractivity contribution in [2.24, 2.45) is 0 Å². The molecule has 4 rings (SSSR count). The molecule has 3 aromatic rings. The lowest BCUT2D eigenvalue weighted by molar-refractivity contribution is 0.0525. The molecule has 0 fully saturated rings. The quantitative estimate of drug-likeness (QED) is 0.342. The van der Waals surface area contributed by atoms with Gasteiger partial charge in [-0.15, -0.1) is 10.2 Å². The van der Waals surface area contributed by atoms with Crippen molar-refractivity contribution in [1.82, 2.24) is 15.2 Å². The van der Waals surface area contributed by atoms with E-state index in [0.29, 0.717) is 45.5 Å². The highest BCUT2D eigenvalue weighted by Crippen LogP contribution is 2.36. The Kier molecular flexibility index (Phi) is 5.49. The van der Waals surface area contributed by atoms with Gasteiger partial charge in [-0.3, -0.25) is 4.79 Å². The fourth-order valence-electron chi connectivity index (χ4n) is 3.15. The van der Waals surface area contributed by atoms with E-state index in [1.54, 1.807) is 39.0 Å². The Balaban J connectivity index is 1.44. The largest absolute Gasteiger partial charge is 0.462 e. The van der Waals surface area contributed by atoms with Crippen LogP contribution in [0.2, 0.25) is 0 Å². The van der Waals surface area contributed by atoms with Crippen molar-refractivity contribution in [3.8, 4) is 23.0 Å². The molecule has 30 heavy (non-hydrogen) atoms. The number of thioether (sulfide) groups is 1. The monoisotopic (exact) mass is 429 g/mol. The lowest BCUT2D eigenvalue weighted by Crippen LogP contribution is -2.08. The van der Waals surface area contributed by atoms with E-state index < -0.39 is 5.97 Å². The van der Waals surface area contributed by atoms with E-state index >= 15 is 0 Å². The minimum atomic E-state index is -0.444. The molecule has 2 aromatic heterocycles. The smallest absolute Gasteiger partial charge is 0.340 e. The Morgan fingerprint density at radius 2 is 2.00 bits per heavy atom. The normalized spacial score (nSPS) is 12.2. The number of ether oxygens (including phenoxy) is 3. The Bertz CT molecular complexity index is 1120. The summed E-state index contributed by atoms with van der Waals surface area (Å²) in [6, 6.07) is 5.33. The third-order valence-corrected chi connectivity index (χ3v) is 5.37. The lowest BCUT2D eigenvalue weighted by atomic mass is 10.1. The zero-order valence-corrected chi connectivity index (χ0v) is 17.4. The number of aromatic nitrogens is 3. The van der Waals surface area contributed by atoms with Gasteiger partial charge >= 0.3 is 5.97 Å². The highest BCUT2D eigenvalue weighted by Gasteiger charge is 2.23. The van der Waals surface area contributed by atoms with Gasteiger partial charge in [0, 0.05) is 11.3 Å². The van der Waals surface area contributed by atoms with Crippen LogP contribution in [-0.2, 0) is 4.74 Å². The molecule has 0 amide bonds. The van der Waals surface area contributed by atoms with Crippen molar-refractivity contribution in [3.63, 3.8) is 0 Å². The number of Topliss-reactive ketones (excluding diaryl/α,β-unsaturated/α-hetero) is 1. The van der Waals surface area contributed by atoms with Crippen LogP contribution in [0.25, 0.3) is 11.5 Å². The summed E-state index contributed by atoms with van der Waals surface area (Å²) >= 11 is 1.12. The second-order valence-electron chi connectivity index (χ2n) is 6.50. The molecular weight excluding hydrogens is 410 g/mol. The van der Waals surface area contributed by atoms with E-state index in [9.17, 15) is 9.59 Å². The number of carbonyl (C=O) groups is 2. The number of ketones is 1. The van der Waals surface area contributed by atoms with Crippen LogP contribution in [0, 0.1) is 13.8 Å². The molecule has 1 aromatic carbocycles. The zero-order valence-electron chi connectivity index (χ0n) is 16.6. The van der Waals surface area contributed by atoms with Crippen molar-refractivity contribution in [2.75, 3.05) is 19.2 Å². The first kappa shape index (κ1) is 20.0. The number of benzene rings is 1. The fraction of sp³-hybridized carbons (Fsp3) is 0.300. The Labute approximate surface area is 176 Å². The first-order valence-electron chi connectivity index (χ1n) is 9.23. The second kappa shape index (κ2) is 8.23. The summed E-state index contributed by atoms with van der Waals surface area (Å²) in [6.07, 6.45) is 0. The molecule has 0 saturated carbocycles. The minimum absolute atomic E-state index is 0.0752. The number of esters is 1. The van der Waals surface area contributed by atoms with Crippen LogP contribution in [0.3, 0.4) is 0 Å². The average molecular weight is 429 g/mol. The van der Waals surface area contributed by atoms with Crippen LogP contribution in [0.4, 0.5) is 0 Å². The van der Waals surface area contributed by atoms with Crippen LogP contribution in [0.1, 0.15) is 39.0 Å². The molecule has 0 bridgehead atoms. The number of aryl methyl sites for hydroxylation is 1. The Hall–Kier alpha value is -3.27. The summed E-state index contributed by atoms with van der Waals surface area (Å²) in [6.45, 7) is 5.64. The van der Waals surface area contributed by atoms with Crippen molar-refractivity contribution in [2.45, 2.75) is 26.0 Å². The Morgan fingerprint density at radius 1 is 1.20 bits per heavy atom. The minimum Gasteiger partial charge on any atom is -0.462 e. The van der Waals surface area contributed by atoms with E-state index in [4.69, 9.17) is 18.6 Å². The van der Waals surface area contributed by atoms with Gasteiger partial charge in [-0.2, -0.15) is 0 Å². The van der Waals surface area contributed by atoms with Crippen LogP contribution in [0.15, 0.2) is 27.8 Å². The fourth-order valence-corrected chi connectivity index (χ4v) is 3.79. The van der Waals surface area contributed by atoms with Crippen molar-refractivity contribution in [3.05, 3.63) is 40.7 Å². The molecule has 10 heteroatoms. The van der Waals surface area contributed by atoms with Gasteiger partial charge in [0.1, 0.15) is 0 Å². The summed E-state index contributed by atoms with van der Waals surface area (Å²) in [5, 5.41) is 8.28. The number of carbonyl (C=O) groups excluding carboxylic acids is 2. The number of nitrogens with one attached hydrogen (secondary N) is 1. The van der Waals surface area contributed by atoms with Gasteiger partial charge in [0.25, 0.3) is 5.22 Å². The summed E-state index contributed by atoms with van der Waals surface area (Å²) in [5.74, 6) is 1.05. The van der Waals surface area contributed by atoms with Gasteiger partial charge < -0.3 is 23.6 Å².